The highest BCUT2D eigenvalue weighted by Gasteiger charge is 2.26. The van der Waals surface area contributed by atoms with Crippen molar-refractivity contribution in [3.8, 4) is 0 Å². The smallest absolute Gasteiger partial charge is 0.242 e. The Morgan fingerprint density at radius 1 is 1.00 bits per heavy atom. The first kappa shape index (κ1) is 23.2. The number of benzene rings is 2. The molecular formula is C23H28Cl2N2O2. The predicted molar refractivity (Wildman–Crippen MR) is 119 cm³/mol. The van der Waals surface area contributed by atoms with Crippen molar-refractivity contribution in [1.29, 1.82) is 0 Å². The molecule has 29 heavy (non-hydrogen) atoms. The standard InChI is InChI=1S/C23H28Cl2N2O2/c1-15(2)13-26-23(29)17(4)27(14-19-8-9-20(24)21(25)11-19)22(28)12-18-7-5-6-16(3)10-18/h5-11,15,17H,12-14H2,1-4H3,(H,26,29)/t17-/m0/s1. The maximum absolute atomic E-state index is 13.2. The summed E-state index contributed by atoms with van der Waals surface area (Å²) in [6, 6.07) is 12.5. The van der Waals surface area contributed by atoms with E-state index >= 15 is 0 Å². The molecule has 0 aliphatic heterocycles. The number of amides is 2. The predicted octanol–water partition coefficient (Wildman–Crippen LogP) is 5.03. The Balaban J connectivity index is 2.24. The maximum atomic E-state index is 13.2. The molecule has 0 saturated heterocycles. The first-order valence-electron chi connectivity index (χ1n) is 9.74. The van der Waals surface area contributed by atoms with Crippen LogP contribution < -0.4 is 5.32 Å². The van der Waals surface area contributed by atoms with Crippen LogP contribution in [0, 0.1) is 12.8 Å². The average molecular weight is 435 g/mol. The highest BCUT2D eigenvalue weighted by molar-refractivity contribution is 6.42. The molecule has 0 radical (unpaired) electrons. The minimum Gasteiger partial charge on any atom is -0.354 e. The molecule has 1 N–H and O–H groups in total. The number of hydrogen-bond acceptors (Lipinski definition) is 2. The van der Waals surface area contributed by atoms with Crippen LogP contribution in [0.3, 0.4) is 0 Å². The van der Waals surface area contributed by atoms with E-state index in [0.29, 0.717) is 22.5 Å². The highest BCUT2D eigenvalue weighted by Crippen LogP contribution is 2.24. The van der Waals surface area contributed by atoms with Crippen molar-refractivity contribution >= 4 is 35.0 Å². The van der Waals surface area contributed by atoms with Gasteiger partial charge in [0.2, 0.25) is 11.8 Å². The van der Waals surface area contributed by atoms with Gasteiger partial charge in [0.1, 0.15) is 6.04 Å². The van der Waals surface area contributed by atoms with Crippen molar-refractivity contribution < 1.29 is 9.59 Å². The second kappa shape index (κ2) is 10.7. The van der Waals surface area contributed by atoms with E-state index in [1.807, 2.05) is 51.1 Å². The van der Waals surface area contributed by atoms with Crippen molar-refractivity contribution in [3.63, 3.8) is 0 Å². The Kier molecular flexibility index (Phi) is 8.54. The van der Waals surface area contributed by atoms with Crippen LogP contribution in [-0.4, -0.2) is 29.3 Å². The molecule has 2 aromatic rings. The molecule has 0 heterocycles. The molecule has 156 valence electrons. The van der Waals surface area contributed by atoms with Gasteiger partial charge in [-0.3, -0.25) is 9.59 Å². The molecule has 6 heteroatoms. The zero-order chi connectivity index (χ0) is 21.6. The fourth-order valence-electron chi connectivity index (χ4n) is 2.97. The summed E-state index contributed by atoms with van der Waals surface area (Å²) in [5.41, 5.74) is 2.83. The Labute approximate surface area is 183 Å². The Bertz CT molecular complexity index is 868. The first-order valence-corrected chi connectivity index (χ1v) is 10.5. The van der Waals surface area contributed by atoms with Crippen molar-refractivity contribution in [2.45, 2.75) is 46.7 Å². The molecule has 0 bridgehead atoms. The van der Waals surface area contributed by atoms with Gasteiger partial charge < -0.3 is 10.2 Å². The zero-order valence-electron chi connectivity index (χ0n) is 17.3. The van der Waals surface area contributed by atoms with E-state index in [2.05, 4.69) is 5.32 Å². The first-order chi connectivity index (χ1) is 13.7. The third kappa shape index (κ3) is 7.06. The van der Waals surface area contributed by atoms with E-state index < -0.39 is 6.04 Å². The summed E-state index contributed by atoms with van der Waals surface area (Å²) in [7, 11) is 0. The Morgan fingerprint density at radius 2 is 1.72 bits per heavy atom. The molecule has 2 rings (SSSR count). The van der Waals surface area contributed by atoms with E-state index in [1.54, 1.807) is 24.0 Å². The minimum absolute atomic E-state index is 0.117. The van der Waals surface area contributed by atoms with Crippen molar-refractivity contribution in [3.05, 3.63) is 69.2 Å². The minimum atomic E-state index is -0.611. The van der Waals surface area contributed by atoms with Gasteiger partial charge in [-0.2, -0.15) is 0 Å². The number of halogens is 2. The van der Waals surface area contributed by atoms with E-state index in [1.165, 1.54) is 0 Å². The second-order valence-electron chi connectivity index (χ2n) is 7.75. The summed E-state index contributed by atoms with van der Waals surface area (Å²) < 4.78 is 0. The topological polar surface area (TPSA) is 49.4 Å². The van der Waals surface area contributed by atoms with Gasteiger partial charge in [-0.05, 0) is 43.0 Å². The third-order valence-electron chi connectivity index (χ3n) is 4.63. The normalized spacial score (nSPS) is 12.0. The number of nitrogens with one attached hydrogen (secondary N) is 1. The summed E-state index contributed by atoms with van der Waals surface area (Å²) in [6.07, 6.45) is 0.227. The lowest BCUT2D eigenvalue weighted by atomic mass is 10.1. The lowest BCUT2D eigenvalue weighted by Gasteiger charge is -2.29. The van der Waals surface area contributed by atoms with Gasteiger partial charge in [-0.15, -0.1) is 0 Å². The fraction of sp³-hybridized carbons (Fsp3) is 0.391. The van der Waals surface area contributed by atoms with Crippen LogP contribution in [0.2, 0.25) is 10.0 Å². The van der Waals surface area contributed by atoms with Crippen LogP contribution in [0.5, 0.6) is 0 Å². The zero-order valence-corrected chi connectivity index (χ0v) is 18.8. The summed E-state index contributed by atoms with van der Waals surface area (Å²) >= 11 is 12.1. The molecule has 0 spiro atoms. The average Bonchev–Trinajstić information content (AvgIpc) is 2.66. The number of hydrogen-bond donors (Lipinski definition) is 1. The largest absolute Gasteiger partial charge is 0.354 e. The van der Waals surface area contributed by atoms with Crippen LogP contribution in [0.4, 0.5) is 0 Å². The number of carbonyl (C=O) groups excluding carboxylic acids is 2. The van der Waals surface area contributed by atoms with Gasteiger partial charge in [0.05, 0.1) is 16.5 Å². The summed E-state index contributed by atoms with van der Waals surface area (Å²) in [6.45, 7) is 8.64. The van der Waals surface area contributed by atoms with Crippen LogP contribution >= 0.6 is 23.2 Å². The van der Waals surface area contributed by atoms with Gasteiger partial charge in [0.25, 0.3) is 0 Å². The molecule has 0 aliphatic rings. The van der Waals surface area contributed by atoms with E-state index in [-0.39, 0.29) is 24.8 Å². The van der Waals surface area contributed by atoms with Gasteiger partial charge in [0.15, 0.2) is 0 Å². The van der Waals surface area contributed by atoms with Gasteiger partial charge >= 0.3 is 0 Å². The number of carbonyl (C=O) groups is 2. The Morgan fingerprint density at radius 3 is 2.34 bits per heavy atom. The lowest BCUT2D eigenvalue weighted by molar-refractivity contribution is -0.140. The summed E-state index contributed by atoms with van der Waals surface area (Å²) in [5.74, 6) is 0.0443. The number of aryl methyl sites for hydroxylation is 1. The third-order valence-corrected chi connectivity index (χ3v) is 5.37. The fourth-order valence-corrected chi connectivity index (χ4v) is 3.29. The molecule has 0 aromatic heterocycles. The van der Waals surface area contributed by atoms with Crippen LogP contribution in [-0.2, 0) is 22.6 Å². The van der Waals surface area contributed by atoms with Crippen molar-refractivity contribution in [2.24, 2.45) is 5.92 Å². The summed E-state index contributed by atoms with van der Waals surface area (Å²) in [5, 5.41) is 3.79. The lowest BCUT2D eigenvalue weighted by Crippen LogP contribution is -2.48. The molecular weight excluding hydrogens is 407 g/mol. The molecule has 2 amide bonds. The molecule has 0 saturated carbocycles. The van der Waals surface area contributed by atoms with Gasteiger partial charge in [-0.1, -0.05) is 72.9 Å². The van der Waals surface area contributed by atoms with Crippen LogP contribution in [0.15, 0.2) is 42.5 Å². The number of nitrogens with zero attached hydrogens (tertiary/aromatic N) is 1. The summed E-state index contributed by atoms with van der Waals surface area (Å²) in [4.78, 5) is 27.4. The highest BCUT2D eigenvalue weighted by atomic mass is 35.5. The SMILES string of the molecule is Cc1cccc(CC(=O)N(Cc2ccc(Cl)c(Cl)c2)[C@@H](C)C(=O)NCC(C)C)c1. The van der Waals surface area contributed by atoms with Crippen LogP contribution in [0.25, 0.3) is 0 Å². The molecule has 0 unspecified atom stereocenters. The van der Waals surface area contributed by atoms with Crippen molar-refractivity contribution in [1.82, 2.24) is 10.2 Å². The van der Waals surface area contributed by atoms with E-state index in [9.17, 15) is 9.59 Å². The molecule has 4 nitrogen and oxygen atoms in total. The Hall–Kier alpha value is -2.04. The van der Waals surface area contributed by atoms with Gasteiger partial charge in [-0.25, -0.2) is 0 Å². The molecule has 0 fully saturated rings. The molecule has 1 atom stereocenters. The monoisotopic (exact) mass is 434 g/mol. The quantitative estimate of drug-likeness (QED) is 0.632. The van der Waals surface area contributed by atoms with Crippen LogP contribution in [0.1, 0.15) is 37.5 Å². The molecule has 0 aliphatic carbocycles. The van der Waals surface area contributed by atoms with Crippen molar-refractivity contribution in [2.75, 3.05) is 6.54 Å². The van der Waals surface area contributed by atoms with E-state index in [0.717, 1.165) is 16.7 Å². The van der Waals surface area contributed by atoms with E-state index in [4.69, 9.17) is 23.2 Å². The van der Waals surface area contributed by atoms with Gasteiger partial charge in [0, 0.05) is 13.1 Å². The number of rotatable bonds is 8. The maximum Gasteiger partial charge on any atom is 0.242 e. The molecule has 2 aromatic carbocycles. The second-order valence-corrected chi connectivity index (χ2v) is 8.57.